The number of rotatable bonds is 3. The van der Waals surface area contributed by atoms with Gasteiger partial charge in [0.2, 0.25) is 0 Å². The fourth-order valence-electron chi connectivity index (χ4n) is 1.05. The molecular weight excluding hydrogens is 242 g/mol. The van der Waals surface area contributed by atoms with Gasteiger partial charge in [-0.05, 0) is 31.1 Å². The lowest BCUT2D eigenvalue weighted by molar-refractivity contribution is 0.400. The van der Waals surface area contributed by atoms with Crippen molar-refractivity contribution in [3.63, 3.8) is 0 Å². The van der Waals surface area contributed by atoms with Crippen LogP contribution < -0.4 is 10.5 Å². The van der Waals surface area contributed by atoms with Gasteiger partial charge in [0.15, 0.2) is 5.82 Å². The highest BCUT2D eigenvalue weighted by molar-refractivity contribution is 7.92. The topological polar surface area (TPSA) is 98.2 Å². The van der Waals surface area contributed by atoms with Gasteiger partial charge < -0.3 is 10.3 Å². The first-order chi connectivity index (χ1) is 9.65. The Labute approximate surface area is 104 Å². The van der Waals surface area contributed by atoms with Gasteiger partial charge in [-0.3, -0.25) is 4.72 Å². The fourth-order valence-corrected chi connectivity index (χ4v) is 1.89. The molecule has 0 aliphatic rings. The molecule has 0 saturated carbocycles. The molecule has 0 fully saturated rings. The summed E-state index contributed by atoms with van der Waals surface area (Å²) < 4.78 is 61.6. The first-order valence-corrected chi connectivity index (χ1v) is 5.95. The molecule has 0 aliphatic carbocycles. The smallest absolute Gasteiger partial charge is 0.263 e. The van der Waals surface area contributed by atoms with Crippen molar-refractivity contribution in [2.75, 3.05) is 10.5 Å². The zero-order valence-corrected chi connectivity index (χ0v) is 9.55. The molecule has 1 heterocycles. The van der Waals surface area contributed by atoms with Gasteiger partial charge in [0.05, 0.1) is 10.4 Å². The molecular formula is C10H11N3O3S. The normalized spacial score (nSPS) is 14.6. The van der Waals surface area contributed by atoms with Crippen molar-refractivity contribution in [2.24, 2.45) is 0 Å². The molecule has 0 saturated heterocycles. The van der Waals surface area contributed by atoms with Gasteiger partial charge in [-0.2, -0.15) is 0 Å². The van der Waals surface area contributed by atoms with Crippen LogP contribution in [0.1, 0.15) is 11.2 Å². The number of aromatic nitrogens is 1. The highest BCUT2D eigenvalue weighted by Gasteiger charge is 2.15. The molecule has 90 valence electrons. The molecule has 0 aliphatic heterocycles. The van der Waals surface area contributed by atoms with Gasteiger partial charge >= 0.3 is 0 Å². The maximum atomic E-state index is 12.2. The zero-order chi connectivity index (χ0) is 15.9. The largest absolute Gasteiger partial charge is 0.399 e. The van der Waals surface area contributed by atoms with Crippen molar-refractivity contribution in [1.82, 2.24) is 5.16 Å². The summed E-state index contributed by atoms with van der Waals surface area (Å²) in [5.41, 5.74) is 4.98. The second-order valence-corrected chi connectivity index (χ2v) is 4.79. The number of nitrogen functional groups attached to an aromatic ring is 1. The Morgan fingerprint density at radius 1 is 1.41 bits per heavy atom. The van der Waals surface area contributed by atoms with Crippen LogP contribution >= 0.6 is 0 Å². The Bertz CT molecular complexity index is 790. The van der Waals surface area contributed by atoms with Crippen LogP contribution in [-0.2, 0) is 10.0 Å². The summed E-state index contributed by atoms with van der Waals surface area (Å²) in [6.45, 7) is 1.56. The molecule has 1 aromatic carbocycles. The van der Waals surface area contributed by atoms with Gasteiger partial charge in [0.25, 0.3) is 10.0 Å². The lowest BCUT2D eigenvalue weighted by Crippen LogP contribution is -2.13. The molecule has 0 amide bonds. The van der Waals surface area contributed by atoms with E-state index in [2.05, 4.69) is 5.16 Å². The second-order valence-electron chi connectivity index (χ2n) is 3.17. The number of aryl methyl sites for hydroxylation is 1. The molecule has 0 atom stereocenters. The van der Waals surface area contributed by atoms with Crippen molar-refractivity contribution in [2.45, 2.75) is 11.8 Å². The summed E-state index contributed by atoms with van der Waals surface area (Å²) >= 11 is 0. The highest BCUT2D eigenvalue weighted by atomic mass is 32.2. The third kappa shape index (κ3) is 2.56. The lowest BCUT2D eigenvalue weighted by Gasteiger charge is -2.04. The van der Waals surface area contributed by atoms with E-state index in [4.69, 9.17) is 15.7 Å². The molecule has 3 N–H and O–H groups in total. The summed E-state index contributed by atoms with van der Waals surface area (Å²) in [6, 6.07) is -1.42. The van der Waals surface area contributed by atoms with Crippen molar-refractivity contribution >= 4 is 21.5 Å². The number of hydrogen-bond acceptors (Lipinski definition) is 5. The van der Waals surface area contributed by atoms with Gasteiger partial charge in [0, 0.05) is 11.8 Å². The van der Waals surface area contributed by atoms with Crippen LogP contribution in [0.25, 0.3) is 0 Å². The summed E-state index contributed by atoms with van der Waals surface area (Å²) in [6.07, 6.45) is 0. The second kappa shape index (κ2) is 4.10. The summed E-state index contributed by atoms with van der Waals surface area (Å²) in [5, 5.41) is 3.44. The molecule has 6 nitrogen and oxygen atoms in total. The molecule has 0 radical (unpaired) electrons. The predicted molar refractivity (Wildman–Crippen MR) is 62.9 cm³/mol. The first-order valence-electron chi connectivity index (χ1n) is 6.47. The Hall–Kier alpha value is -2.02. The van der Waals surface area contributed by atoms with E-state index in [1.54, 1.807) is 6.92 Å². The molecule has 0 unspecified atom stereocenters. The first kappa shape index (κ1) is 7.33. The van der Waals surface area contributed by atoms with Crippen LogP contribution in [-0.4, -0.2) is 13.6 Å². The van der Waals surface area contributed by atoms with Gasteiger partial charge in [-0.15, -0.1) is 0 Å². The molecule has 1 aromatic heterocycles. The van der Waals surface area contributed by atoms with Crippen LogP contribution in [0.4, 0.5) is 11.5 Å². The minimum absolute atomic E-state index is 0.124. The summed E-state index contributed by atoms with van der Waals surface area (Å²) in [5.74, 6) is 0.241. The maximum absolute atomic E-state index is 12.2. The van der Waals surface area contributed by atoms with Crippen molar-refractivity contribution < 1.29 is 18.4 Å². The SMILES string of the molecule is [2H]c1c([2H])c(S(=O)(=O)Nc2cc(C)on2)c([2H])c([2H])c1N. The van der Waals surface area contributed by atoms with Gasteiger partial charge in [-0.25, -0.2) is 8.42 Å². The monoisotopic (exact) mass is 257 g/mol. The van der Waals surface area contributed by atoms with Crippen LogP contribution in [0.15, 0.2) is 39.7 Å². The Balaban J connectivity index is 2.60. The minimum Gasteiger partial charge on any atom is -0.399 e. The molecule has 0 spiro atoms. The molecule has 17 heavy (non-hydrogen) atoms. The quantitative estimate of drug-likeness (QED) is 0.809. The van der Waals surface area contributed by atoms with E-state index in [1.807, 2.05) is 4.72 Å². The number of anilines is 2. The summed E-state index contributed by atoms with van der Waals surface area (Å²) in [7, 11) is -4.37. The van der Waals surface area contributed by atoms with E-state index in [0.29, 0.717) is 5.76 Å². The van der Waals surface area contributed by atoms with Gasteiger partial charge in [0.1, 0.15) is 5.76 Å². The van der Waals surface area contributed by atoms with E-state index < -0.39 is 44.8 Å². The Morgan fingerprint density at radius 2 is 2.06 bits per heavy atom. The van der Waals surface area contributed by atoms with Crippen molar-refractivity contribution in [3.05, 3.63) is 36.0 Å². The summed E-state index contributed by atoms with van der Waals surface area (Å²) in [4.78, 5) is -0.799. The van der Waals surface area contributed by atoms with Crippen LogP contribution in [0.3, 0.4) is 0 Å². The van der Waals surface area contributed by atoms with Crippen LogP contribution in [0.2, 0.25) is 0 Å². The van der Waals surface area contributed by atoms with Crippen molar-refractivity contribution in [3.8, 4) is 0 Å². The fraction of sp³-hybridized carbons (Fsp3) is 0.100. The number of hydrogen-bond donors (Lipinski definition) is 2. The van der Waals surface area contributed by atoms with Crippen LogP contribution in [0, 0.1) is 6.92 Å². The van der Waals surface area contributed by atoms with E-state index in [0.717, 1.165) is 0 Å². The Morgan fingerprint density at radius 3 is 2.59 bits per heavy atom. The molecule has 2 aromatic rings. The van der Waals surface area contributed by atoms with Crippen molar-refractivity contribution in [1.29, 1.82) is 0 Å². The standard InChI is InChI=1S/C10H11N3O3S/c1-7-6-10(12-16-7)13-17(14,15)9-4-2-8(11)3-5-9/h2-6H,11H2,1H3,(H,12,13)/i2D,3D,4D,5D. The molecule has 0 bridgehead atoms. The van der Waals surface area contributed by atoms with E-state index in [1.165, 1.54) is 6.07 Å². The number of sulfonamides is 1. The third-order valence-corrected chi connectivity index (χ3v) is 2.98. The van der Waals surface area contributed by atoms with E-state index >= 15 is 0 Å². The third-order valence-electron chi connectivity index (χ3n) is 1.76. The van der Waals surface area contributed by atoms with Gasteiger partial charge in [-0.1, -0.05) is 5.16 Å². The zero-order valence-electron chi connectivity index (χ0n) is 12.7. The number of nitrogens with zero attached hydrogens (tertiary/aromatic N) is 1. The number of nitrogens with one attached hydrogen (secondary N) is 1. The minimum atomic E-state index is -4.37. The van der Waals surface area contributed by atoms with E-state index in [9.17, 15) is 8.42 Å². The average molecular weight is 257 g/mol. The lowest BCUT2D eigenvalue weighted by atomic mass is 10.3. The molecule has 2 rings (SSSR count). The van der Waals surface area contributed by atoms with Crippen LogP contribution in [0.5, 0.6) is 0 Å². The number of nitrogens with two attached hydrogens (primary N) is 1. The molecule has 7 heteroatoms. The number of benzene rings is 1. The highest BCUT2D eigenvalue weighted by Crippen LogP contribution is 2.16. The maximum Gasteiger partial charge on any atom is 0.263 e. The average Bonchev–Trinajstić information content (AvgIpc) is 2.78. The Kier molecular flexibility index (Phi) is 1.77. The predicted octanol–water partition coefficient (Wildman–Crippen LogP) is 1.37. The van der Waals surface area contributed by atoms with E-state index in [-0.39, 0.29) is 5.82 Å².